The minimum absolute atomic E-state index is 0.588. The van der Waals surface area contributed by atoms with Crippen molar-refractivity contribution < 1.29 is 0 Å². The van der Waals surface area contributed by atoms with Crippen molar-refractivity contribution in [2.45, 2.75) is 25.9 Å². The van der Waals surface area contributed by atoms with Crippen molar-refractivity contribution in [3.63, 3.8) is 0 Å². The summed E-state index contributed by atoms with van der Waals surface area (Å²) in [4.78, 5) is 6.92. The first kappa shape index (κ1) is 12.6. The van der Waals surface area contributed by atoms with E-state index in [1.54, 1.807) is 0 Å². The fraction of sp³-hybridized carbons (Fsp3) is 0.438. The van der Waals surface area contributed by atoms with E-state index in [1.165, 1.54) is 23.9 Å². The molecule has 1 aromatic carbocycles. The molecule has 1 saturated heterocycles. The number of hydrogen-bond acceptors (Lipinski definition) is 3. The Morgan fingerprint density at radius 1 is 1.37 bits per heavy atom. The number of fused-ring (bicyclic) bond motifs is 1. The summed E-state index contributed by atoms with van der Waals surface area (Å²) in [5.41, 5.74) is 2.46. The Morgan fingerprint density at radius 2 is 2.32 bits per heavy atom. The molecule has 2 aromatic rings. The van der Waals surface area contributed by atoms with Gasteiger partial charge in [-0.3, -0.25) is 9.88 Å². The molecule has 1 aromatic heterocycles. The van der Waals surface area contributed by atoms with Gasteiger partial charge in [-0.25, -0.2) is 0 Å². The third-order valence-corrected chi connectivity index (χ3v) is 3.75. The second-order valence-corrected chi connectivity index (χ2v) is 5.47. The van der Waals surface area contributed by atoms with Gasteiger partial charge in [0.2, 0.25) is 0 Å². The molecule has 1 N–H and O–H groups in total. The Bertz CT molecular complexity index is 552. The van der Waals surface area contributed by atoms with E-state index in [4.69, 9.17) is 0 Å². The van der Waals surface area contributed by atoms with Gasteiger partial charge in [-0.05, 0) is 50.2 Å². The predicted molar refractivity (Wildman–Crippen MR) is 79.1 cm³/mol. The molecule has 1 aliphatic heterocycles. The van der Waals surface area contributed by atoms with Gasteiger partial charge in [-0.2, -0.15) is 0 Å². The van der Waals surface area contributed by atoms with Crippen LogP contribution >= 0.6 is 0 Å². The van der Waals surface area contributed by atoms with Gasteiger partial charge in [0.1, 0.15) is 0 Å². The topological polar surface area (TPSA) is 28.2 Å². The van der Waals surface area contributed by atoms with E-state index in [9.17, 15) is 0 Å². The highest BCUT2D eigenvalue weighted by atomic mass is 15.2. The Labute approximate surface area is 114 Å². The van der Waals surface area contributed by atoms with Gasteiger partial charge in [0.15, 0.2) is 0 Å². The lowest BCUT2D eigenvalue weighted by Crippen LogP contribution is -2.34. The quantitative estimate of drug-likeness (QED) is 0.893. The molecular weight excluding hydrogens is 234 g/mol. The van der Waals surface area contributed by atoms with Crippen LogP contribution in [0.2, 0.25) is 0 Å². The largest absolute Gasteiger partial charge is 0.313 e. The molecule has 0 radical (unpaired) electrons. The van der Waals surface area contributed by atoms with E-state index < -0.39 is 0 Å². The lowest BCUT2D eigenvalue weighted by Gasteiger charge is -2.22. The summed E-state index contributed by atoms with van der Waals surface area (Å²) in [6.07, 6.45) is 3.09. The SMILES string of the molecule is CC1CN(Cc2ccc3ncccc3c2)CCCN1. The van der Waals surface area contributed by atoms with Gasteiger partial charge in [0.05, 0.1) is 5.52 Å². The van der Waals surface area contributed by atoms with Crippen LogP contribution in [0.15, 0.2) is 36.5 Å². The van der Waals surface area contributed by atoms with Crippen molar-refractivity contribution in [2.75, 3.05) is 19.6 Å². The number of rotatable bonds is 2. The van der Waals surface area contributed by atoms with E-state index >= 15 is 0 Å². The first-order valence-corrected chi connectivity index (χ1v) is 7.11. The highest BCUT2D eigenvalue weighted by Crippen LogP contribution is 2.15. The molecule has 100 valence electrons. The van der Waals surface area contributed by atoms with Crippen molar-refractivity contribution in [1.82, 2.24) is 15.2 Å². The zero-order valence-electron chi connectivity index (χ0n) is 11.5. The third kappa shape index (κ3) is 3.11. The van der Waals surface area contributed by atoms with Crippen LogP contribution in [0.1, 0.15) is 18.9 Å². The molecule has 1 fully saturated rings. The molecule has 0 amide bonds. The average molecular weight is 255 g/mol. The second kappa shape index (κ2) is 5.68. The van der Waals surface area contributed by atoms with Gasteiger partial charge in [0.25, 0.3) is 0 Å². The number of benzene rings is 1. The summed E-state index contributed by atoms with van der Waals surface area (Å²) >= 11 is 0. The lowest BCUT2D eigenvalue weighted by atomic mass is 10.1. The van der Waals surface area contributed by atoms with Crippen LogP contribution < -0.4 is 5.32 Å². The Kier molecular flexibility index (Phi) is 3.76. The third-order valence-electron chi connectivity index (χ3n) is 3.75. The molecule has 0 saturated carbocycles. The first-order chi connectivity index (χ1) is 9.31. The second-order valence-electron chi connectivity index (χ2n) is 5.47. The fourth-order valence-electron chi connectivity index (χ4n) is 2.82. The summed E-state index contributed by atoms with van der Waals surface area (Å²) in [5, 5.41) is 4.78. The Balaban J connectivity index is 1.76. The molecule has 2 heterocycles. The van der Waals surface area contributed by atoms with Gasteiger partial charge >= 0.3 is 0 Å². The van der Waals surface area contributed by atoms with Crippen LogP contribution in [0.5, 0.6) is 0 Å². The Morgan fingerprint density at radius 3 is 3.26 bits per heavy atom. The summed E-state index contributed by atoms with van der Waals surface area (Å²) in [6.45, 7) is 6.76. The van der Waals surface area contributed by atoms with Gasteiger partial charge in [-0.15, -0.1) is 0 Å². The molecule has 1 atom stereocenters. The molecule has 19 heavy (non-hydrogen) atoms. The number of nitrogens with zero attached hydrogens (tertiary/aromatic N) is 2. The van der Waals surface area contributed by atoms with Crippen LogP contribution in [0, 0.1) is 0 Å². The van der Waals surface area contributed by atoms with Crippen molar-refractivity contribution in [3.8, 4) is 0 Å². The number of aromatic nitrogens is 1. The highest BCUT2D eigenvalue weighted by Gasteiger charge is 2.14. The monoisotopic (exact) mass is 255 g/mol. The maximum absolute atomic E-state index is 4.37. The summed E-state index contributed by atoms with van der Waals surface area (Å²) in [7, 11) is 0. The number of pyridine rings is 1. The minimum atomic E-state index is 0.588. The summed E-state index contributed by atoms with van der Waals surface area (Å²) in [6, 6.07) is 11.3. The van der Waals surface area contributed by atoms with E-state index in [-0.39, 0.29) is 0 Å². The molecular formula is C16H21N3. The summed E-state index contributed by atoms with van der Waals surface area (Å²) < 4.78 is 0. The maximum Gasteiger partial charge on any atom is 0.0702 e. The summed E-state index contributed by atoms with van der Waals surface area (Å²) in [5.74, 6) is 0. The van der Waals surface area contributed by atoms with E-state index in [1.807, 2.05) is 12.3 Å². The number of hydrogen-bond donors (Lipinski definition) is 1. The van der Waals surface area contributed by atoms with Crippen molar-refractivity contribution in [3.05, 3.63) is 42.1 Å². The van der Waals surface area contributed by atoms with Gasteiger partial charge in [0, 0.05) is 30.7 Å². The molecule has 1 unspecified atom stereocenters. The minimum Gasteiger partial charge on any atom is -0.313 e. The van der Waals surface area contributed by atoms with E-state index in [0.717, 1.165) is 25.2 Å². The predicted octanol–water partition coefficient (Wildman–Crippen LogP) is 2.42. The fourth-order valence-corrected chi connectivity index (χ4v) is 2.82. The van der Waals surface area contributed by atoms with Gasteiger partial charge in [-0.1, -0.05) is 12.1 Å². The smallest absolute Gasteiger partial charge is 0.0702 e. The first-order valence-electron chi connectivity index (χ1n) is 7.11. The van der Waals surface area contributed by atoms with Crippen LogP contribution in [0.25, 0.3) is 10.9 Å². The lowest BCUT2D eigenvalue weighted by molar-refractivity contribution is 0.265. The molecule has 3 nitrogen and oxygen atoms in total. The van der Waals surface area contributed by atoms with Crippen LogP contribution in [-0.2, 0) is 6.54 Å². The van der Waals surface area contributed by atoms with Crippen LogP contribution in [0.3, 0.4) is 0 Å². The molecule has 0 aliphatic carbocycles. The Hall–Kier alpha value is -1.45. The highest BCUT2D eigenvalue weighted by molar-refractivity contribution is 5.78. The van der Waals surface area contributed by atoms with Crippen molar-refractivity contribution >= 4 is 10.9 Å². The zero-order valence-corrected chi connectivity index (χ0v) is 11.5. The normalized spacial score (nSPS) is 21.4. The molecule has 1 aliphatic rings. The van der Waals surface area contributed by atoms with E-state index in [0.29, 0.717) is 6.04 Å². The zero-order chi connectivity index (χ0) is 13.1. The molecule has 0 bridgehead atoms. The molecule has 3 rings (SSSR count). The van der Waals surface area contributed by atoms with Crippen LogP contribution in [0.4, 0.5) is 0 Å². The average Bonchev–Trinajstić information content (AvgIpc) is 2.63. The van der Waals surface area contributed by atoms with E-state index in [2.05, 4.69) is 46.4 Å². The van der Waals surface area contributed by atoms with Crippen molar-refractivity contribution in [1.29, 1.82) is 0 Å². The maximum atomic E-state index is 4.37. The molecule has 0 spiro atoms. The van der Waals surface area contributed by atoms with Crippen molar-refractivity contribution in [2.24, 2.45) is 0 Å². The standard InChI is InChI=1S/C16H21N3/c1-13-11-19(9-3-8-17-13)12-14-5-6-16-15(10-14)4-2-7-18-16/h2,4-7,10,13,17H,3,8-9,11-12H2,1H3. The molecule has 3 heteroatoms. The van der Waals surface area contributed by atoms with Crippen LogP contribution in [-0.4, -0.2) is 35.6 Å². The van der Waals surface area contributed by atoms with Gasteiger partial charge < -0.3 is 5.32 Å². The number of nitrogens with one attached hydrogen (secondary N) is 1.